The van der Waals surface area contributed by atoms with Gasteiger partial charge in [0, 0.05) is 11.1 Å². The van der Waals surface area contributed by atoms with Gasteiger partial charge in [-0.15, -0.1) is 29.9 Å². The molecule has 0 amide bonds. The van der Waals surface area contributed by atoms with Gasteiger partial charge in [-0.2, -0.15) is 26.3 Å². The van der Waals surface area contributed by atoms with E-state index in [0.29, 0.717) is 0 Å². The van der Waals surface area contributed by atoms with Crippen molar-refractivity contribution in [2.75, 3.05) is 0 Å². The van der Waals surface area contributed by atoms with Gasteiger partial charge in [-0.1, -0.05) is 12.0 Å². The predicted molar refractivity (Wildman–Crippen MR) is 86.9 cm³/mol. The number of halogens is 6. The third-order valence-corrected chi connectivity index (χ3v) is 8.41. The maximum absolute atomic E-state index is 14.5. The molecule has 0 bridgehead atoms. The standard InChI is InChI=1S/C17H10F6S2/c1-4-8-7-10-12-11(15(18,19)17(22,23)16(12,20)21)9-5-6-24-13(9,2)14(10,3)25-8/h1,5-7H,2-3H3/t13-,14-/m1/s1. The first kappa shape index (κ1) is 17.2. The van der Waals surface area contributed by atoms with Crippen molar-refractivity contribution in [2.45, 2.75) is 41.1 Å². The Kier molecular flexibility index (Phi) is 3.01. The summed E-state index contributed by atoms with van der Waals surface area (Å²) in [6, 6.07) is 0. The van der Waals surface area contributed by atoms with Gasteiger partial charge in [0.05, 0.1) is 14.4 Å². The van der Waals surface area contributed by atoms with Crippen LogP contribution < -0.4 is 0 Å². The Hall–Kier alpha value is -1.20. The Balaban J connectivity index is 2.19. The van der Waals surface area contributed by atoms with Gasteiger partial charge in [-0.3, -0.25) is 0 Å². The molecule has 1 fully saturated rings. The monoisotopic (exact) mass is 392 g/mol. The van der Waals surface area contributed by atoms with Crippen LogP contribution in [0.25, 0.3) is 0 Å². The minimum atomic E-state index is -5.50. The van der Waals surface area contributed by atoms with E-state index in [1.54, 1.807) is 13.8 Å². The molecule has 8 heteroatoms. The third kappa shape index (κ3) is 1.55. The van der Waals surface area contributed by atoms with Gasteiger partial charge in [-0.05, 0) is 36.5 Å². The van der Waals surface area contributed by atoms with E-state index >= 15 is 0 Å². The molecule has 0 unspecified atom stereocenters. The van der Waals surface area contributed by atoms with E-state index in [2.05, 4.69) is 5.92 Å². The molecular weight excluding hydrogens is 382 g/mol. The zero-order valence-corrected chi connectivity index (χ0v) is 14.5. The molecule has 0 radical (unpaired) electrons. The van der Waals surface area contributed by atoms with Gasteiger partial charge in [-0.25, -0.2) is 0 Å². The van der Waals surface area contributed by atoms with Crippen LogP contribution in [0.15, 0.2) is 44.8 Å². The van der Waals surface area contributed by atoms with Crippen molar-refractivity contribution in [2.24, 2.45) is 0 Å². The quantitative estimate of drug-likeness (QED) is 0.391. The normalized spacial score (nSPS) is 39.1. The molecule has 0 aromatic rings. The average Bonchev–Trinajstić information content (AvgIpc) is 3.08. The van der Waals surface area contributed by atoms with Gasteiger partial charge in [0.15, 0.2) is 0 Å². The van der Waals surface area contributed by atoms with E-state index in [1.165, 1.54) is 17.6 Å². The van der Waals surface area contributed by atoms with E-state index in [-0.39, 0.29) is 16.1 Å². The minimum Gasteiger partial charge on any atom is -0.194 e. The molecule has 132 valence electrons. The molecule has 0 nitrogen and oxygen atoms in total. The van der Waals surface area contributed by atoms with Crippen LogP contribution in [-0.2, 0) is 0 Å². The van der Waals surface area contributed by atoms with Crippen molar-refractivity contribution in [3.63, 3.8) is 0 Å². The summed E-state index contributed by atoms with van der Waals surface area (Å²) in [5.41, 5.74) is -2.94. The first-order valence-corrected chi connectivity index (χ1v) is 8.92. The number of alkyl halides is 6. The van der Waals surface area contributed by atoms with Gasteiger partial charge in [0.2, 0.25) is 0 Å². The van der Waals surface area contributed by atoms with Gasteiger partial charge < -0.3 is 0 Å². The summed E-state index contributed by atoms with van der Waals surface area (Å²) in [6.45, 7) is 3.18. The van der Waals surface area contributed by atoms with Gasteiger partial charge in [0.25, 0.3) is 0 Å². The Labute approximate surface area is 148 Å². The van der Waals surface area contributed by atoms with Crippen molar-refractivity contribution < 1.29 is 26.3 Å². The fourth-order valence-corrected chi connectivity index (χ4v) is 6.52. The molecule has 0 N–H and O–H groups in total. The predicted octanol–water partition coefficient (Wildman–Crippen LogP) is 5.55. The van der Waals surface area contributed by atoms with E-state index < -0.39 is 38.4 Å². The Morgan fingerprint density at radius 1 is 0.920 bits per heavy atom. The van der Waals surface area contributed by atoms with Crippen molar-refractivity contribution in [1.82, 2.24) is 0 Å². The van der Waals surface area contributed by atoms with E-state index in [0.717, 1.165) is 23.5 Å². The lowest BCUT2D eigenvalue weighted by molar-refractivity contribution is -0.258. The summed E-state index contributed by atoms with van der Waals surface area (Å²) in [5.74, 6) is -13.1. The molecule has 0 saturated heterocycles. The van der Waals surface area contributed by atoms with Crippen molar-refractivity contribution in [1.29, 1.82) is 0 Å². The first-order chi connectivity index (χ1) is 11.4. The summed E-state index contributed by atoms with van der Waals surface area (Å²) in [4.78, 5) is 0.258. The zero-order chi connectivity index (χ0) is 18.6. The summed E-state index contributed by atoms with van der Waals surface area (Å²) in [5, 5.41) is 1.48. The lowest BCUT2D eigenvalue weighted by atomic mass is 9.71. The summed E-state index contributed by atoms with van der Waals surface area (Å²) < 4.78 is 83.9. The molecule has 0 spiro atoms. The molecule has 4 rings (SSSR count). The zero-order valence-electron chi connectivity index (χ0n) is 12.9. The Bertz CT molecular complexity index is 885. The third-order valence-electron chi connectivity index (χ3n) is 5.41. The molecule has 2 heterocycles. The molecule has 0 aromatic carbocycles. The van der Waals surface area contributed by atoms with Crippen LogP contribution >= 0.6 is 23.5 Å². The van der Waals surface area contributed by atoms with Crippen LogP contribution in [0.1, 0.15) is 13.8 Å². The second kappa shape index (κ2) is 4.37. The molecule has 4 aliphatic rings. The smallest absolute Gasteiger partial charge is 0.194 e. The van der Waals surface area contributed by atoms with Crippen LogP contribution in [0.4, 0.5) is 26.3 Å². The number of allylic oxidation sites excluding steroid dienone is 5. The molecule has 1 saturated carbocycles. The molecule has 0 aromatic heterocycles. The molecule has 25 heavy (non-hydrogen) atoms. The lowest BCUT2D eigenvalue weighted by Crippen LogP contribution is -2.48. The van der Waals surface area contributed by atoms with E-state index in [4.69, 9.17) is 6.42 Å². The molecule has 2 aliphatic heterocycles. The average molecular weight is 392 g/mol. The summed E-state index contributed by atoms with van der Waals surface area (Å²) in [6.07, 6.45) is 7.77. The number of hydrogen-bond donors (Lipinski definition) is 0. The van der Waals surface area contributed by atoms with Crippen molar-refractivity contribution in [3.05, 3.63) is 44.8 Å². The second-order valence-electron chi connectivity index (χ2n) is 6.54. The highest BCUT2D eigenvalue weighted by Crippen LogP contribution is 2.73. The number of thioether (sulfide) groups is 2. The first-order valence-electron chi connectivity index (χ1n) is 7.22. The molecular formula is C17H10F6S2. The maximum atomic E-state index is 14.5. The number of terminal acetylenes is 1. The largest absolute Gasteiger partial charge is 0.380 e. The Morgan fingerprint density at radius 3 is 2.04 bits per heavy atom. The minimum absolute atomic E-state index is 0.181. The topological polar surface area (TPSA) is 0 Å². The van der Waals surface area contributed by atoms with E-state index in [9.17, 15) is 26.3 Å². The fourth-order valence-electron chi connectivity index (χ4n) is 3.89. The number of hydrogen-bond acceptors (Lipinski definition) is 2. The number of rotatable bonds is 0. The highest BCUT2D eigenvalue weighted by molar-refractivity contribution is 8.08. The van der Waals surface area contributed by atoms with Crippen molar-refractivity contribution >= 4 is 23.5 Å². The highest BCUT2D eigenvalue weighted by atomic mass is 32.2. The van der Waals surface area contributed by atoms with Crippen LogP contribution in [-0.4, -0.2) is 27.3 Å². The maximum Gasteiger partial charge on any atom is 0.380 e. The lowest BCUT2D eigenvalue weighted by Gasteiger charge is -2.46. The molecule has 2 atom stereocenters. The number of fused-ring (bicyclic) bond motifs is 4. The van der Waals surface area contributed by atoms with Crippen LogP contribution in [0.5, 0.6) is 0 Å². The van der Waals surface area contributed by atoms with Crippen LogP contribution in [0.2, 0.25) is 0 Å². The van der Waals surface area contributed by atoms with Gasteiger partial charge >= 0.3 is 17.8 Å². The van der Waals surface area contributed by atoms with Crippen molar-refractivity contribution in [3.8, 4) is 12.3 Å². The Morgan fingerprint density at radius 2 is 1.48 bits per heavy atom. The van der Waals surface area contributed by atoms with Gasteiger partial charge in [0.1, 0.15) is 0 Å². The highest BCUT2D eigenvalue weighted by Gasteiger charge is 2.84. The SMILES string of the molecule is C#CC1=CC2=C3C(=C4C=CS[C@@]4(C)[C@]2(C)S1)C(F)(F)C(F)(F)C3(F)F. The second-order valence-corrected chi connectivity index (χ2v) is 9.33. The fraction of sp³-hybridized carbons (Fsp3) is 0.412. The summed E-state index contributed by atoms with van der Waals surface area (Å²) >= 11 is 2.22. The summed E-state index contributed by atoms with van der Waals surface area (Å²) in [7, 11) is 0. The van der Waals surface area contributed by atoms with Crippen LogP contribution in [0, 0.1) is 12.3 Å². The van der Waals surface area contributed by atoms with Crippen LogP contribution in [0.3, 0.4) is 0 Å². The van der Waals surface area contributed by atoms with E-state index in [1.807, 2.05) is 0 Å². The molecule has 2 aliphatic carbocycles.